The monoisotopic (exact) mass is 1420 g/mol. The zero-order valence-electron chi connectivity index (χ0n) is 63.4. The maximum atomic E-state index is 13.1. The lowest BCUT2D eigenvalue weighted by Crippen LogP contribution is -2.30. The molecule has 0 fully saturated rings. The molecular weight excluding hydrogens is 1270 g/mol. The van der Waals surface area contributed by atoms with Gasteiger partial charge in [-0.3, -0.25) is 37.3 Å². The van der Waals surface area contributed by atoms with E-state index >= 15 is 0 Å². The van der Waals surface area contributed by atoms with E-state index in [0.29, 0.717) is 25.7 Å². The van der Waals surface area contributed by atoms with Crippen LogP contribution in [-0.4, -0.2) is 96.7 Å². The van der Waals surface area contributed by atoms with Crippen LogP contribution in [0.3, 0.4) is 0 Å². The summed E-state index contributed by atoms with van der Waals surface area (Å²) in [7, 11) is -9.91. The van der Waals surface area contributed by atoms with Crippen LogP contribution in [-0.2, 0) is 65.4 Å². The second-order valence-electron chi connectivity index (χ2n) is 29.1. The molecule has 5 atom stereocenters. The summed E-state index contributed by atoms with van der Waals surface area (Å²) in [5.41, 5.74) is 0. The van der Waals surface area contributed by atoms with Gasteiger partial charge in [0.1, 0.15) is 19.3 Å². The normalized spacial score (nSPS) is 14.0. The van der Waals surface area contributed by atoms with E-state index in [0.717, 1.165) is 102 Å². The molecule has 0 radical (unpaired) electrons. The highest BCUT2D eigenvalue weighted by atomic mass is 31.2. The lowest BCUT2D eigenvalue weighted by atomic mass is 10.0. The molecule has 0 bridgehead atoms. The van der Waals surface area contributed by atoms with Gasteiger partial charge in [0.15, 0.2) is 12.2 Å². The Labute approximate surface area is 594 Å². The lowest BCUT2D eigenvalue weighted by molar-refractivity contribution is -0.161. The number of hydrogen-bond donors (Lipinski definition) is 3. The average molecular weight is 1420 g/mol. The van der Waals surface area contributed by atoms with E-state index in [9.17, 15) is 43.2 Å². The molecule has 0 rings (SSSR count). The molecule has 576 valence electrons. The molecule has 0 aliphatic carbocycles. The smallest absolute Gasteiger partial charge is 0.462 e. The predicted octanol–water partition coefficient (Wildman–Crippen LogP) is 23.1. The van der Waals surface area contributed by atoms with Gasteiger partial charge in [0, 0.05) is 25.7 Å². The first-order chi connectivity index (χ1) is 46.9. The standard InChI is InChI=1S/C78H152O17P2/c1-7-9-11-13-15-17-29-38-44-50-56-62-77(82)94-73(66-88-75(80)60-54-48-42-36-18-16-14-12-10-8-2)68-92-96(84,85)90-64-72(79)65-91-97(86,87)93-69-74(67-89-76(81)61-55-49-43-37-32-28-27-31-35-41-47-53-59-71(5)6)95-78(83)63-57-51-45-39-33-26-24-22-20-19-21-23-25-30-34-40-46-52-58-70(3)4/h70-74,79H,7-69H2,1-6H3,(H,84,85)(H,86,87)/t72-,73+,74+/m0/s1. The summed E-state index contributed by atoms with van der Waals surface area (Å²) in [6.45, 7) is 9.65. The van der Waals surface area contributed by atoms with Crippen molar-refractivity contribution in [3.05, 3.63) is 0 Å². The van der Waals surface area contributed by atoms with Crippen molar-refractivity contribution in [1.29, 1.82) is 0 Å². The van der Waals surface area contributed by atoms with Gasteiger partial charge in [0.25, 0.3) is 0 Å². The van der Waals surface area contributed by atoms with Crippen LogP contribution in [0.25, 0.3) is 0 Å². The average Bonchev–Trinajstić information content (AvgIpc) is 1.02. The highest BCUT2D eigenvalue weighted by Crippen LogP contribution is 2.45. The quantitative estimate of drug-likeness (QED) is 0.0222. The molecule has 17 nitrogen and oxygen atoms in total. The summed E-state index contributed by atoms with van der Waals surface area (Å²) in [5, 5.41) is 10.6. The van der Waals surface area contributed by atoms with Gasteiger partial charge in [-0.05, 0) is 37.5 Å². The van der Waals surface area contributed by atoms with Crippen molar-refractivity contribution in [2.45, 2.75) is 426 Å². The van der Waals surface area contributed by atoms with Gasteiger partial charge in [-0.2, -0.15) is 0 Å². The number of phosphoric ester groups is 2. The number of ether oxygens (including phenoxy) is 4. The Morgan fingerprint density at radius 2 is 0.474 bits per heavy atom. The number of unbranched alkanes of at least 4 members (excludes halogenated alkanes) is 47. The Bertz CT molecular complexity index is 1870. The van der Waals surface area contributed by atoms with Gasteiger partial charge in [-0.15, -0.1) is 0 Å². The van der Waals surface area contributed by atoms with Gasteiger partial charge in [-0.1, -0.05) is 356 Å². The summed E-state index contributed by atoms with van der Waals surface area (Å²) in [6.07, 6.45) is 58.2. The van der Waals surface area contributed by atoms with Gasteiger partial charge in [-0.25, -0.2) is 9.13 Å². The Kier molecular flexibility index (Phi) is 68.4. The molecule has 0 aromatic heterocycles. The first kappa shape index (κ1) is 95.1. The zero-order valence-corrected chi connectivity index (χ0v) is 65.2. The Morgan fingerprint density at radius 1 is 0.278 bits per heavy atom. The molecule has 0 aliphatic rings. The number of phosphoric acid groups is 2. The summed E-state index contributed by atoms with van der Waals surface area (Å²) >= 11 is 0. The number of aliphatic hydroxyl groups is 1. The second kappa shape index (κ2) is 69.8. The molecule has 0 saturated heterocycles. The highest BCUT2D eigenvalue weighted by Gasteiger charge is 2.30. The fraction of sp³-hybridized carbons (Fsp3) is 0.949. The van der Waals surface area contributed by atoms with Gasteiger partial charge in [0.2, 0.25) is 0 Å². The molecule has 0 spiro atoms. The largest absolute Gasteiger partial charge is 0.472 e. The first-order valence-electron chi connectivity index (χ1n) is 40.5. The van der Waals surface area contributed by atoms with E-state index in [1.165, 1.54) is 225 Å². The van der Waals surface area contributed by atoms with Crippen molar-refractivity contribution < 1.29 is 80.2 Å². The maximum Gasteiger partial charge on any atom is 0.472 e. The molecule has 0 heterocycles. The van der Waals surface area contributed by atoms with Crippen molar-refractivity contribution in [2.24, 2.45) is 11.8 Å². The first-order valence-corrected chi connectivity index (χ1v) is 43.5. The molecule has 0 saturated carbocycles. The molecule has 3 N–H and O–H groups in total. The SMILES string of the molecule is CCCCCCCCCCCCCC(=O)O[C@H](COC(=O)CCCCCCCCCCCC)COP(=O)(O)OC[C@H](O)COP(=O)(O)OC[C@@H](COC(=O)CCCCCCCCCCCCCCC(C)C)OC(=O)CCCCCCCCCCCCCCCCCCCCC(C)C. The van der Waals surface area contributed by atoms with E-state index in [1.54, 1.807) is 0 Å². The maximum absolute atomic E-state index is 13.1. The predicted molar refractivity (Wildman–Crippen MR) is 395 cm³/mol. The third-order valence-electron chi connectivity index (χ3n) is 18.2. The minimum absolute atomic E-state index is 0.107. The van der Waals surface area contributed by atoms with Crippen LogP contribution < -0.4 is 0 Å². The van der Waals surface area contributed by atoms with Crippen molar-refractivity contribution in [2.75, 3.05) is 39.6 Å². The number of esters is 4. The summed E-state index contributed by atoms with van der Waals surface area (Å²) in [6, 6.07) is 0. The lowest BCUT2D eigenvalue weighted by Gasteiger charge is -2.21. The Balaban J connectivity index is 5.20. The Hall–Kier alpha value is -1.94. The molecular formula is C78H152O17P2. The highest BCUT2D eigenvalue weighted by molar-refractivity contribution is 7.47. The Morgan fingerprint density at radius 3 is 0.701 bits per heavy atom. The molecule has 0 aromatic rings. The third kappa shape index (κ3) is 72.2. The van der Waals surface area contributed by atoms with Crippen molar-refractivity contribution in [1.82, 2.24) is 0 Å². The molecule has 0 aliphatic heterocycles. The van der Waals surface area contributed by atoms with E-state index in [1.807, 2.05) is 0 Å². The molecule has 97 heavy (non-hydrogen) atoms. The van der Waals surface area contributed by atoms with Crippen molar-refractivity contribution >= 4 is 39.5 Å². The molecule has 0 aromatic carbocycles. The number of aliphatic hydroxyl groups excluding tert-OH is 1. The van der Waals surface area contributed by atoms with E-state index in [-0.39, 0.29) is 25.7 Å². The molecule has 2 unspecified atom stereocenters. The molecule has 0 amide bonds. The molecule has 19 heteroatoms. The van der Waals surface area contributed by atoms with Crippen LogP contribution in [0.15, 0.2) is 0 Å². The van der Waals surface area contributed by atoms with Crippen LogP contribution >= 0.6 is 15.6 Å². The number of hydrogen-bond acceptors (Lipinski definition) is 15. The van der Waals surface area contributed by atoms with E-state index < -0.39 is 97.5 Å². The van der Waals surface area contributed by atoms with E-state index in [2.05, 4.69) is 41.5 Å². The number of rotatable bonds is 77. The van der Waals surface area contributed by atoms with Crippen LogP contribution in [0.1, 0.15) is 408 Å². The summed E-state index contributed by atoms with van der Waals surface area (Å²) in [5.74, 6) is -0.510. The minimum Gasteiger partial charge on any atom is -0.462 e. The van der Waals surface area contributed by atoms with Crippen molar-refractivity contribution in [3.8, 4) is 0 Å². The fourth-order valence-electron chi connectivity index (χ4n) is 12.0. The van der Waals surface area contributed by atoms with E-state index in [4.69, 9.17) is 37.0 Å². The van der Waals surface area contributed by atoms with Gasteiger partial charge in [0.05, 0.1) is 26.4 Å². The van der Waals surface area contributed by atoms with Gasteiger partial charge >= 0.3 is 39.5 Å². The number of carbonyl (C=O) groups excluding carboxylic acids is 4. The van der Waals surface area contributed by atoms with Crippen LogP contribution in [0.4, 0.5) is 0 Å². The zero-order chi connectivity index (χ0) is 71.4. The summed E-state index contributed by atoms with van der Waals surface area (Å²) < 4.78 is 68.5. The van der Waals surface area contributed by atoms with Crippen molar-refractivity contribution in [3.63, 3.8) is 0 Å². The topological polar surface area (TPSA) is 237 Å². The second-order valence-corrected chi connectivity index (χ2v) is 32.0. The van der Waals surface area contributed by atoms with Crippen LogP contribution in [0, 0.1) is 11.8 Å². The minimum atomic E-state index is -4.96. The number of carbonyl (C=O) groups is 4. The van der Waals surface area contributed by atoms with Gasteiger partial charge < -0.3 is 33.8 Å². The third-order valence-corrected chi connectivity index (χ3v) is 20.1. The fourth-order valence-corrected chi connectivity index (χ4v) is 13.6. The van der Waals surface area contributed by atoms with Crippen LogP contribution in [0.2, 0.25) is 0 Å². The summed E-state index contributed by atoms with van der Waals surface area (Å²) in [4.78, 5) is 72.8. The van der Waals surface area contributed by atoms with Crippen LogP contribution in [0.5, 0.6) is 0 Å².